The van der Waals surface area contributed by atoms with Crippen LogP contribution in [0.4, 0.5) is 18.9 Å². The molecule has 0 spiro atoms. The highest BCUT2D eigenvalue weighted by molar-refractivity contribution is 7.92. The number of nitrogens with one attached hydrogen (secondary N) is 1. The van der Waals surface area contributed by atoms with E-state index in [1.54, 1.807) is 39.0 Å². The smallest absolute Gasteiger partial charge is 0.416 e. The van der Waals surface area contributed by atoms with Gasteiger partial charge in [0, 0.05) is 11.8 Å². The second-order valence-corrected chi connectivity index (χ2v) is 10.5. The Morgan fingerprint density at radius 2 is 1.76 bits per heavy atom. The topological polar surface area (TPSA) is 83.3 Å². The lowest BCUT2D eigenvalue weighted by atomic mass is 10.1. The van der Waals surface area contributed by atoms with Gasteiger partial charge in [0.2, 0.25) is 5.88 Å². The maximum absolute atomic E-state index is 13.6. The Hall–Kier alpha value is -3.40. The molecule has 2 aromatic carbocycles. The zero-order valence-corrected chi connectivity index (χ0v) is 19.5. The highest BCUT2D eigenvalue weighted by atomic mass is 32.2. The molecule has 1 aliphatic heterocycles. The first-order chi connectivity index (χ1) is 15.8. The largest absolute Gasteiger partial charge is 0.468 e. The predicted octanol–water partition coefficient (Wildman–Crippen LogP) is 5.44. The third-order valence-corrected chi connectivity index (χ3v) is 7.25. The van der Waals surface area contributed by atoms with Gasteiger partial charge in [0.1, 0.15) is 11.3 Å². The number of benzene rings is 2. The zero-order valence-electron chi connectivity index (χ0n) is 18.6. The van der Waals surface area contributed by atoms with Crippen LogP contribution in [0.25, 0.3) is 11.3 Å². The molecule has 0 fully saturated rings. The van der Waals surface area contributed by atoms with Gasteiger partial charge in [0.25, 0.3) is 10.0 Å². The minimum atomic E-state index is -4.45. The molecular formula is C24H22F3N3O3S. The minimum Gasteiger partial charge on any atom is -0.468 e. The Morgan fingerprint density at radius 3 is 2.35 bits per heavy atom. The fraction of sp³-hybridized carbons (Fsp3) is 0.250. The number of rotatable bonds is 4. The number of aryl methyl sites for hydroxylation is 1. The standard InChI is InChI=1S/C24H22F3N3O3S/c1-15-12-19(9-6-17(15)13-28)34(31,32)30-14-23(2,3)33-22-21(30)11-10-20(29-22)16-4-7-18(8-5-16)24(25,26)27/h4-13,28H,14H2,1-3H3. The van der Waals surface area contributed by atoms with E-state index >= 15 is 0 Å². The summed E-state index contributed by atoms with van der Waals surface area (Å²) in [6, 6.07) is 12.2. The number of aromatic nitrogens is 1. The molecule has 0 amide bonds. The number of ether oxygens (including phenoxy) is 1. The normalized spacial score (nSPS) is 15.4. The molecule has 1 aromatic heterocycles. The van der Waals surface area contributed by atoms with Crippen molar-refractivity contribution in [2.45, 2.75) is 37.4 Å². The summed E-state index contributed by atoms with van der Waals surface area (Å²) in [6.07, 6.45) is -3.29. The molecule has 10 heteroatoms. The van der Waals surface area contributed by atoms with E-state index in [0.717, 1.165) is 18.3 Å². The van der Waals surface area contributed by atoms with Crippen LogP contribution in [-0.2, 0) is 16.2 Å². The summed E-state index contributed by atoms with van der Waals surface area (Å²) < 4.78 is 73.0. The van der Waals surface area contributed by atoms with E-state index in [9.17, 15) is 21.6 Å². The van der Waals surface area contributed by atoms with Crippen molar-refractivity contribution in [2.24, 2.45) is 0 Å². The highest BCUT2D eigenvalue weighted by Gasteiger charge is 2.39. The van der Waals surface area contributed by atoms with E-state index in [4.69, 9.17) is 10.1 Å². The van der Waals surface area contributed by atoms with E-state index in [1.807, 2.05) is 0 Å². The minimum absolute atomic E-state index is 0.0367. The monoisotopic (exact) mass is 489 g/mol. The Kier molecular flexibility index (Phi) is 5.67. The van der Waals surface area contributed by atoms with Gasteiger partial charge in [-0.05, 0) is 68.3 Å². The Bertz CT molecular complexity index is 1370. The molecule has 34 heavy (non-hydrogen) atoms. The summed E-state index contributed by atoms with van der Waals surface area (Å²) in [5, 5.41) is 7.42. The van der Waals surface area contributed by atoms with Crippen molar-refractivity contribution in [2.75, 3.05) is 10.8 Å². The van der Waals surface area contributed by atoms with Crippen molar-refractivity contribution < 1.29 is 26.3 Å². The van der Waals surface area contributed by atoms with Gasteiger partial charge in [-0.1, -0.05) is 18.2 Å². The lowest BCUT2D eigenvalue weighted by Gasteiger charge is -2.39. The van der Waals surface area contributed by atoms with Crippen molar-refractivity contribution in [3.05, 3.63) is 71.3 Å². The second-order valence-electron chi connectivity index (χ2n) is 8.63. The Labute approximate surface area is 195 Å². The van der Waals surface area contributed by atoms with Crippen molar-refractivity contribution >= 4 is 21.9 Å². The molecule has 0 atom stereocenters. The SMILES string of the molecule is Cc1cc(S(=O)(=O)N2CC(C)(C)Oc3nc(-c4ccc(C(F)(F)F)cc4)ccc32)ccc1C=N. The highest BCUT2D eigenvalue weighted by Crippen LogP contribution is 2.40. The summed E-state index contributed by atoms with van der Waals surface area (Å²) in [4.78, 5) is 4.51. The molecule has 178 valence electrons. The maximum Gasteiger partial charge on any atom is 0.416 e. The van der Waals surface area contributed by atoms with Crippen molar-refractivity contribution in [1.29, 1.82) is 5.41 Å². The molecule has 0 aliphatic carbocycles. The number of pyridine rings is 1. The van der Waals surface area contributed by atoms with E-state index in [2.05, 4.69) is 4.98 Å². The number of fused-ring (bicyclic) bond motifs is 1. The first-order valence-corrected chi connectivity index (χ1v) is 11.8. The van der Waals surface area contributed by atoms with Crippen LogP contribution < -0.4 is 9.04 Å². The summed E-state index contributed by atoms with van der Waals surface area (Å²) in [6.45, 7) is 5.23. The molecule has 1 aliphatic rings. The number of anilines is 1. The fourth-order valence-corrected chi connectivity index (χ4v) is 5.43. The molecule has 3 aromatic rings. The number of sulfonamides is 1. The Balaban J connectivity index is 1.76. The van der Waals surface area contributed by atoms with Crippen molar-refractivity contribution in [3.63, 3.8) is 0 Å². The van der Waals surface area contributed by atoms with Gasteiger partial charge in [-0.25, -0.2) is 13.4 Å². The third-order valence-electron chi connectivity index (χ3n) is 5.50. The van der Waals surface area contributed by atoms with Crippen LogP contribution in [0.2, 0.25) is 0 Å². The van der Waals surface area contributed by atoms with Crippen molar-refractivity contribution in [1.82, 2.24) is 4.98 Å². The fourth-order valence-electron chi connectivity index (χ4n) is 3.73. The molecule has 0 bridgehead atoms. The van der Waals surface area contributed by atoms with Crippen LogP contribution in [-0.4, -0.2) is 31.8 Å². The number of alkyl halides is 3. The molecule has 0 radical (unpaired) electrons. The van der Waals surface area contributed by atoms with Crippen LogP contribution in [0.15, 0.2) is 59.5 Å². The quantitative estimate of drug-likeness (QED) is 0.495. The van der Waals surface area contributed by atoms with Gasteiger partial charge in [-0.2, -0.15) is 13.2 Å². The first kappa shape index (κ1) is 23.7. The number of hydrogen-bond donors (Lipinski definition) is 1. The van der Waals surface area contributed by atoms with Crippen LogP contribution >= 0.6 is 0 Å². The van der Waals surface area contributed by atoms with Crippen LogP contribution in [0.5, 0.6) is 5.88 Å². The Morgan fingerprint density at radius 1 is 1.09 bits per heavy atom. The summed E-state index contributed by atoms with van der Waals surface area (Å²) in [5.74, 6) is 0.0741. The molecule has 0 saturated carbocycles. The van der Waals surface area contributed by atoms with E-state index in [-0.39, 0.29) is 23.0 Å². The predicted molar refractivity (Wildman–Crippen MR) is 123 cm³/mol. The van der Waals surface area contributed by atoms with Crippen molar-refractivity contribution in [3.8, 4) is 17.1 Å². The average molecular weight is 490 g/mol. The second kappa shape index (κ2) is 8.12. The van der Waals surface area contributed by atoms with Gasteiger partial charge in [-0.3, -0.25) is 4.31 Å². The van der Waals surface area contributed by atoms with E-state index in [1.165, 1.54) is 28.6 Å². The average Bonchev–Trinajstić information content (AvgIpc) is 2.77. The lowest BCUT2D eigenvalue weighted by molar-refractivity contribution is -0.137. The van der Waals surface area contributed by atoms with E-state index < -0.39 is 27.4 Å². The molecule has 4 rings (SSSR count). The molecule has 1 N–H and O–H groups in total. The zero-order chi connectivity index (χ0) is 24.9. The molecular weight excluding hydrogens is 467 g/mol. The van der Waals surface area contributed by atoms with Gasteiger partial charge < -0.3 is 10.1 Å². The summed E-state index contributed by atoms with van der Waals surface area (Å²) in [7, 11) is -3.98. The van der Waals surface area contributed by atoms with E-state index in [0.29, 0.717) is 22.4 Å². The molecule has 2 heterocycles. The lowest BCUT2D eigenvalue weighted by Crippen LogP contribution is -2.49. The number of halogens is 3. The molecule has 0 unspecified atom stereocenters. The van der Waals surface area contributed by atoms with Crippen LogP contribution in [0.3, 0.4) is 0 Å². The number of nitrogens with zero attached hydrogens (tertiary/aromatic N) is 2. The van der Waals surface area contributed by atoms with Gasteiger partial charge in [-0.15, -0.1) is 0 Å². The summed E-state index contributed by atoms with van der Waals surface area (Å²) >= 11 is 0. The summed E-state index contributed by atoms with van der Waals surface area (Å²) in [5.41, 5.74) is 0.625. The van der Waals surface area contributed by atoms with Gasteiger partial charge in [0.05, 0.1) is 22.7 Å². The molecule has 6 nitrogen and oxygen atoms in total. The number of hydrogen-bond acceptors (Lipinski definition) is 5. The maximum atomic E-state index is 13.6. The van der Waals surface area contributed by atoms with Gasteiger partial charge >= 0.3 is 6.18 Å². The molecule has 0 saturated heterocycles. The van der Waals surface area contributed by atoms with Crippen LogP contribution in [0, 0.1) is 12.3 Å². The van der Waals surface area contributed by atoms with Gasteiger partial charge in [0.15, 0.2) is 0 Å². The first-order valence-electron chi connectivity index (χ1n) is 10.3. The third kappa shape index (κ3) is 4.37. The van der Waals surface area contributed by atoms with Crippen LogP contribution in [0.1, 0.15) is 30.5 Å².